The summed E-state index contributed by atoms with van der Waals surface area (Å²) in [6, 6.07) is 8.65. The molecule has 2 N–H and O–H groups in total. The van der Waals surface area contributed by atoms with E-state index < -0.39 is 0 Å². The Bertz CT molecular complexity index is 459. The second-order valence-electron chi connectivity index (χ2n) is 5.32. The van der Waals surface area contributed by atoms with E-state index in [0.717, 1.165) is 37.6 Å². The summed E-state index contributed by atoms with van der Waals surface area (Å²) in [6.45, 7) is 3.73. The molecular formula is C14H20N4O. The molecule has 0 radical (unpaired) electrons. The number of nitrogens with zero attached hydrogens (tertiary/aromatic N) is 2. The van der Waals surface area contributed by atoms with E-state index in [2.05, 4.69) is 34.7 Å². The minimum atomic E-state index is -0.00173. The number of urea groups is 1. The molecule has 2 aliphatic rings. The number of anilines is 2. The first-order valence-corrected chi connectivity index (χ1v) is 6.83. The van der Waals surface area contributed by atoms with Crippen molar-refractivity contribution in [3.05, 3.63) is 24.3 Å². The number of benzene rings is 1. The lowest BCUT2D eigenvalue weighted by atomic mass is 10.2. The Hall–Kier alpha value is -1.75. The van der Waals surface area contributed by atoms with E-state index in [1.165, 1.54) is 6.42 Å². The molecule has 1 aromatic rings. The van der Waals surface area contributed by atoms with Crippen molar-refractivity contribution in [3.8, 4) is 0 Å². The second kappa shape index (κ2) is 5.09. The van der Waals surface area contributed by atoms with Crippen LogP contribution in [0.5, 0.6) is 0 Å². The first kappa shape index (κ1) is 12.3. The minimum absolute atomic E-state index is 0.00173. The van der Waals surface area contributed by atoms with E-state index in [-0.39, 0.29) is 6.03 Å². The van der Waals surface area contributed by atoms with Crippen LogP contribution in [0.1, 0.15) is 6.42 Å². The van der Waals surface area contributed by atoms with E-state index in [0.29, 0.717) is 6.04 Å². The van der Waals surface area contributed by atoms with Crippen LogP contribution >= 0.6 is 0 Å². The lowest BCUT2D eigenvalue weighted by Crippen LogP contribution is -2.27. The molecule has 0 saturated carbocycles. The Labute approximate surface area is 113 Å². The molecule has 0 spiro atoms. The third-order valence-electron chi connectivity index (χ3n) is 3.80. The minimum Gasteiger partial charge on any atom is -0.381 e. The molecular weight excluding hydrogens is 240 g/mol. The molecule has 19 heavy (non-hydrogen) atoms. The van der Waals surface area contributed by atoms with E-state index in [4.69, 9.17) is 0 Å². The number of carbonyl (C=O) groups is 1. The molecule has 2 saturated heterocycles. The lowest BCUT2D eigenvalue weighted by molar-refractivity contribution is 0.252. The quantitative estimate of drug-likeness (QED) is 0.862. The zero-order valence-electron chi connectivity index (χ0n) is 11.2. The van der Waals surface area contributed by atoms with Gasteiger partial charge in [-0.1, -0.05) is 0 Å². The van der Waals surface area contributed by atoms with Gasteiger partial charge in [0.05, 0.1) is 0 Å². The van der Waals surface area contributed by atoms with Crippen molar-refractivity contribution in [1.29, 1.82) is 0 Å². The predicted molar refractivity (Wildman–Crippen MR) is 76.7 cm³/mol. The van der Waals surface area contributed by atoms with Gasteiger partial charge in [0.2, 0.25) is 0 Å². The topological polar surface area (TPSA) is 47.6 Å². The summed E-state index contributed by atoms with van der Waals surface area (Å²) in [5, 5.41) is 6.35. The third kappa shape index (κ3) is 2.66. The number of hydrogen-bond donors (Lipinski definition) is 2. The van der Waals surface area contributed by atoms with E-state index in [1.807, 2.05) is 12.1 Å². The fraction of sp³-hybridized carbons (Fsp3) is 0.500. The summed E-state index contributed by atoms with van der Waals surface area (Å²) in [5.74, 6) is 0. The number of likely N-dealkylation sites (N-methyl/N-ethyl adjacent to an activating group) is 1. The molecule has 2 fully saturated rings. The molecule has 2 heterocycles. The summed E-state index contributed by atoms with van der Waals surface area (Å²) < 4.78 is 0. The molecule has 0 aromatic heterocycles. The van der Waals surface area contributed by atoms with Crippen LogP contribution in [0, 0.1) is 0 Å². The average Bonchev–Trinajstić information content (AvgIpc) is 3.00. The Morgan fingerprint density at radius 1 is 1.26 bits per heavy atom. The maximum absolute atomic E-state index is 11.6. The van der Waals surface area contributed by atoms with Gasteiger partial charge in [0.1, 0.15) is 0 Å². The molecule has 1 unspecified atom stereocenters. The predicted octanol–water partition coefficient (Wildman–Crippen LogP) is 1.33. The maximum atomic E-state index is 11.6. The van der Waals surface area contributed by atoms with E-state index in [9.17, 15) is 4.79 Å². The monoisotopic (exact) mass is 260 g/mol. The Morgan fingerprint density at radius 3 is 2.63 bits per heavy atom. The van der Waals surface area contributed by atoms with Gasteiger partial charge in [-0.05, 0) is 44.3 Å². The van der Waals surface area contributed by atoms with Crippen LogP contribution in [0.2, 0.25) is 0 Å². The van der Waals surface area contributed by atoms with Crippen molar-refractivity contribution in [2.24, 2.45) is 0 Å². The molecule has 1 atom stereocenters. The Balaban J connectivity index is 1.64. The number of likely N-dealkylation sites (tertiary alicyclic amines) is 1. The highest BCUT2D eigenvalue weighted by atomic mass is 16.2. The van der Waals surface area contributed by atoms with Crippen LogP contribution in [0.3, 0.4) is 0 Å². The van der Waals surface area contributed by atoms with Crippen LogP contribution in [0.4, 0.5) is 16.2 Å². The summed E-state index contributed by atoms with van der Waals surface area (Å²) in [5.41, 5.74) is 2.09. The molecule has 3 rings (SSSR count). The van der Waals surface area contributed by atoms with Crippen LogP contribution in [0.25, 0.3) is 0 Å². The van der Waals surface area contributed by atoms with Crippen molar-refractivity contribution >= 4 is 17.4 Å². The van der Waals surface area contributed by atoms with Gasteiger partial charge in [0.15, 0.2) is 0 Å². The standard InChI is InChI=1S/C14H20N4O/c1-17-8-6-12(10-17)16-11-2-4-13(5-3-11)18-9-7-15-14(18)19/h2-5,12,16H,6-10H2,1H3,(H,15,19). The molecule has 5 heteroatoms. The molecule has 0 bridgehead atoms. The number of rotatable bonds is 3. The molecule has 1 aromatic carbocycles. The average molecular weight is 260 g/mol. The van der Waals surface area contributed by atoms with Crippen molar-refractivity contribution in [2.75, 3.05) is 43.4 Å². The van der Waals surface area contributed by atoms with Gasteiger partial charge in [-0.15, -0.1) is 0 Å². The Morgan fingerprint density at radius 2 is 2.05 bits per heavy atom. The zero-order chi connectivity index (χ0) is 13.2. The fourth-order valence-corrected chi connectivity index (χ4v) is 2.74. The normalized spacial score (nSPS) is 23.7. The van der Waals surface area contributed by atoms with Gasteiger partial charge in [-0.25, -0.2) is 4.79 Å². The van der Waals surface area contributed by atoms with Gasteiger partial charge in [0.25, 0.3) is 0 Å². The first-order chi connectivity index (χ1) is 9.22. The molecule has 2 aliphatic heterocycles. The van der Waals surface area contributed by atoms with Gasteiger partial charge in [-0.2, -0.15) is 0 Å². The number of hydrogen-bond acceptors (Lipinski definition) is 3. The number of carbonyl (C=O) groups excluding carboxylic acids is 1. The van der Waals surface area contributed by atoms with E-state index >= 15 is 0 Å². The highest BCUT2D eigenvalue weighted by Crippen LogP contribution is 2.21. The SMILES string of the molecule is CN1CCC(Nc2ccc(N3CCNC3=O)cc2)C1. The second-order valence-corrected chi connectivity index (χ2v) is 5.32. The van der Waals surface area contributed by atoms with Gasteiger partial charge >= 0.3 is 6.03 Å². The van der Waals surface area contributed by atoms with Crippen LogP contribution in [0.15, 0.2) is 24.3 Å². The van der Waals surface area contributed by atoms with Gasteiger partial charge < -0.3 is 15.5 Å². The largest absolute Gasteiger partial charge is 0.381 e. The fourth-order valence-electron chi connectivity index (χ4n) is 2.74. The Kier molecular flexibility index (Phi) is 3.29. The van der Waals surface area contributed by atoms with Crippen LogP contribution < -0.4 is 15.5 Å². The molecule has 0 aliphatic carbocycles. The third-order valence-corrected chi connectivity index (χ3v) is 3.80. The molecule has 102 valence electrons. The number of nitrogens with one attached hydrogen (secondary N) is 2. The molecule has 5 nitrogen and oxygen atoms in total. The smallest absolute Gasteiger partial charge is 0.321 e. The zero-order valence-corrected chi connectivity index (χ0v) is 11.2. The van der Waals surface area contributed by atoms with Crippen molar-refractivity contribution < 1.29 is 4.79 Å². The summed E-state index contributed by atoms with van der Waals surface area (Å²) >= 11 is 0. The highest BCUT2D eigenvalue weighted by Gasteiger charge is 2.21. The summed E-state index contributed by atoms with van der Waals surface area (Å²) in [6.07, 6.45) is 1.19. The van der Waals surface area contributed by atoms with Gasteiger partial charge in [0, 0.05) is 37.1 Å². The molecule has 2 amide bonds. The summed E-state index contributed by atoms with van der Waals surface area (Å²) in [7, 11) is 2.15. The highest BCUT2D eigenvalue weighted by molar-refractivity contribution is 5.94. The first-order valence-electron chi connectivity index (χ1n) is 6.83. The number of amides is 2. The van der Waals surface area contributed by atoms with Crippen molar-refractivity contribution in [2.45, 2.75) is 12.5 Å². The van der Waals surface area contributed by atoms with Crippen LogP contribution in [-0.2, 0) is 0 Å². The lowest BCUT2D eigenvalue weighted by Gasteiger charge is -2.17. The van der Waals surface area contributed by atoms with Gasteiger partial charge in [-0.3, -0.25) is 4.90 Å². The summed E-state index contributed by atoms with van der Waals surface area (Å²) in [4.78, 5) is 15.7. The van der Waals surface area contributed by atoms with Crippen molar-refractivity contribution in [3.63, 3.8) is 0 Å². The van der Waals surface area contributed by atoms with Crippen LogP contribution in [-0.4, -0.2) is 50.2 Å². The van der Waals surface area contributed by atoms with Crippen molar-refractivity contribution in [1.82, 2.24) is 10.2 Å². The maximum Gasteiger partial charge on any atom is 0.321 e. The van der Waals surface area contributed by atoms with E-state index in [1.54, 1.807) is 4.90 Å².